The maximum absolute atomic E-state index is 12.6. The molecule has 142 valence electrons. The Morgan fingerprint density at radius 3 is 2.59 bits per heavy atom. The third-order valence-electron chi connectivity index (χ3n) is 4.23. The fourth-order valence-electron chi connectivity index (χ4n) is 2.82. The fraction of sp³-hybridized carbons (Fsp3) is 0.250. The molecule has 0 aliphatic carbocycles. The number of sulfonamides is 1. The Hall–Kier alpha value is -2.64. The summed E-state index contributed by atoms with van der Waals surface area (Å²) in [6, 6.07) is 14.2. The maximum atomic E-state index is 12.6. The van der Waals surface area contributed by atoms with E-state index in [0.717, 1.165) is 5.56 Å². The van der Waals surface area contributed by atoms with E-state index in [1.807, 2.05) is 30.3 Å². The molecule has 1 aromatic heterocycles. The van der Waals surface area contributed by atoms with Gasteiger partial charge in [-0.1, -0.05) is 30.3 Å². The van der Waals surface area contributed by atoms with Crippen molar-refractivity contribution in [2.45, 2.75) is 25.2 Å². The van der Waals surface area contributed by atoms with E-state index in [4.69, 9.17) is 9.15 Å². The summed E-state index contributed by atoms with van der Waals surface area (Å²) in [5.41, 5.74) is 2.06. The molecule has 2 aromatic carbocycles. The lowest BCUT2D eigenvalue weighted by molar-refractivity contribution is 0.0491. The monoisotopic (exact) mass is 387 g/mol. The molecular formula is C20H21NO5S. The van der Waals surface area contributed by atoms with Crippen LogP contribution >= 0.6 is 0 Å². The second kappa shape index (κ2) is 7.94. The second-order valence-corrected chi connectivity index (χ2v) is 7.83. The zero-order valence-corrected chi connectivity index (χ0v) is 16.0. The van der Waals surface area contributed by atoms with E-state index in [2.05, 4.69) is 4.72 Å². The fourth-order valence-corrected chi connectivity index (χ4v) is 3.87. The molecule has 1 heterocycles. The Labute approximate surface area is 158 Å². The van der Waals surface area contributed by atoms with Crippen LogP contribution in [0.4, 0.5) is 0 Å². The van der Waals surface area contributed by atoms with Gasteiger partial charge in [-0.3, -0.25) is 0 Å². The van der Waals surface area contributed by atoms with Crippen LogP contribution in [-0.4, -0.2) is 27.5 Å². The molecule has 6 nitrogen and oxygen atoms in total. The van der Waals surface area contributed by atoms with Gasteiger partial charge in [0.2, 0.25) is 15.8 Å². The SMILES string of the molecule is CCOC(=O)c1oc2ccc(S(=O)(=O)NCCc3ccccc3)cc2c1C. The number of rotatable bonds is 7. The first-order chi connectivity index (χ1) is 12.9. The number of carbonyl (C=O) groups is 1. The minimum atomic E-state index is -3.67. The van der Waals surface area contributed by atoms with Crippen molar-refractivity contribution >= 4 is 27.0 Å². The summed E-state index contributed by atoms with van der Waals surface area (Å²) in [6.45, 7) is 3.95. The molecule has 0 bridgehead atoms. The summed E-state index contributed by atoms with van der Waals surface area (Å²) in [6.07, 6.45) is 0.597. The molecule has 3 rings (SSSR count). The topological polar surface area (TPSA) is 85.6 Å². The number of carbonyl (C=O) groups excluding carboxylic acids is 1. The molecule has 0 amide bonds. The van der Waals surface area contributed by atoms with Crippen molar-refractivity contribution in [3.8, 4) is 0 Å². The molecule has 7 heteroatoms. The number of aryl methyl sites for hydroxylation is 1. The first-order valence-corrected chi connectivity index (χ1v) is 10.1. The van der Waals surface area contributed by atoms with Crippen LogP contribution in [0.2, 0.25) is 0 Å². The number of fused-ring (bicyclic) bond motifs is 1. The third-order valence-corrected chi connectivity index (χ3v) is 5.69. The average Bonchev–Trinajstić information content (AvgIpc) is 2.99. The lowest BCUT2D eigenvalue weighted by atomic mass is 10.1. The lowest BCUT2D eigenvalue weighted by Gasteiger charge is -2.07. The summed E-state index contributed by atoms with van der Waals surface area (Å²) in [5, 5.41) is 0.573. The van der Waals surface area contributed by atoms with Crippen LogP contribution in [0.5, 0.6) is 0 Å². The van der Waals surface area contributed by atoms with Crippen LogP contribution in [0, 0.1) is 6.92 Å². The van der Waals surface area contributed by atoms with Gasteiger partial charge >= 0.3 is 5.97 Å². The van der Waals surface area contributed by atoms with Gasteiger partial charge in [0.25, 0.3) is 0 Å². The van der Waals surface area contributed by atoms with E-state index in [9.17, 15) is 13.2 Å². The lowest BCUT2D eigenvalue weighted by Crippen LogP contribution is -2.25. The van der Waals surface area contributed by atoms with E-state index in [-0.39, 0.29) is 17.3 Å². The maximum Gasteiger partial charge on any atom is 0.374 e. The van der Waals surface area contributed by atoms with E-state index < -0.39 is 16.0 Å². The number of furan rings is 1. The molecule has 3 aromatic rings. The smallest absolute Gasteiger partial charge is 0.374 e. The molecule has 0 saturated carbocycles. The Bertz CT molecular complexity index is 1050. The first-order valence-electron chi connectivity index (χ1n) is 8.66. The first kappa shape index (κ1) is 19.1. The quantitative estimate of drug-likeness (QED) is 0.628. The van der Waals surface area contributed by atoms with Crippen LogP contribution in [0.3, 0.4) is 0 Å². The van der Waals surface area contributed by atoms with E-state index in [1.165, 1.54) is 12.1 Å². The highest BCUT2D eigenvalue weighted by atomic mass is 32.2. The van der Waals surface area contributed by atoms with Crippen molar-refractivity contribution in [1.29, 1.82) is 0 Å². The van der Waals surface area contributed by atoms with E-state index >= 15 is 0 Å². The molecule has 27 heavy (non-hydrogen) atoms. The van der Waals surface area contributed by atoms with E-state index in [1.54, 1.807) is 19.9 Å². The molecule has 1 N–H and O–H groups in total. The van der Waals surface area contributed by atoms with Gasteiger partial charge in [0.1, 0.15) is 5.58 Å². The summed E-state index contributed by atoms with van der Waals surface area (Å²) in [4.78, 5) is 12.1. The highest BCUT2D eigenvalue weighted by Crippen LogP contribution is 2.28. The summed E-state index contributed by atoms with van der Waals surface area (Å²) < 4.78 is 38.3. The molecule has 0 unspecified atom stereocenters. The van der Waals surface area contributed by atoms with Crippen LogP contribution in [0.25, 0.3) is 11.0 Å². The summed E-state index contributed by atoms with van der Waals surface area (Å²) in [7, 11) is -3.67. The standard InChI is InChI=1S/C20H21NO5S/c1-3-25-20(22)19-14(2)17-13-16(9-10-18(17)26-19)27(23,24)21-12-11-15-7-5-4-6-8-15/h4-10,13,21H,3,11-12H2,1-2H3. The highest BCUT2D eigenvalue weighted by Gasteiger charge is 2.21. The van der Waals surface area contributed by atoms with Gasteiger partial charge in [0.15, 0.2) is 0 Å². The molecule has 0 saturated heterocycles. The Kier molecular flexibility index (Phi) is 5.62. The highest BCUT2D eigenvalue weighted by molar-refractivity contribution is 7.89. The van der Waals surface area contributed by atoms with Gasteiger partial charge in [-0.25, -0.2) is 17.9 Å². The Balaban J connectivity index is 1.81. The van der Waals surface area contributed by atoms with Crippen molar-refractivity contribution in [1.82, 2.24) is 4.72 Å². The van der Waals surface area contributed by atoms with Gasteiger partial charge in [0, 0.05) is 17.5 Å². The van der Waals surface area contributed by atoms with Gasteiger partial charge in [-0.05, 0) is 44.0 Å². The predicted octanol–water partition coefficient (Wildman–Crippen LogP) is 3.44. The number of hydrogen-bond acceptors (Lipinski definition) is 5. The summed E-state index contributed by atoms with van der Waals surface area (Å²) in [5.74, 6) is -0.463. The molecule has 0 fully saturated rings. The largest absolute Gasteiger partial charge is 0.460 e. The molecule has 0 atom stereocenters. The number of hydrogen-bond donors (Lipinski definition) is 1. The van der Waals surface area contributed by atoms with Gasteiger partial charge in [-0.2, -0.15) is 0 Å². The average molecular weight is 387 g/mol. The van der Waals surface area contributed by atoms with Crippen molar-refractivity contribution in [3.05, 3.63) is 65.4 Å². The van der Waals surface area contributed by atoms with Crippen molar-refractivity contribution in [2.24, 2.45) is 0 Å². The minimum absolute atomic E-state index is 0.0958. The number of esters is 1. The normalized spacial score (nSPS) is 11.6. The Morgan fingerprint density at radius 2 is 1.89 bits per heavy atom. The van der Waals surface area contributed by atoms with Crippen molar-refractivity contribution in [3.63, 3.8) is 0 Å². The minimum Gasteiger partial charge on any atom is -0.460 e. The van der Waals surface area contributed by atoms with E-state index in [0.29, 0.717) is 29.5 Å². The summed E-state index contributed by atoms with van der Waals surface area (Å²) >= 11 is 0. The predicted molar refractivity (Wildman–Crippen MR) is 102 cm³/mol. The number of benzene rings is 2. The van der Waals surface area contributed by atoms with Gasteiger partial charge in [0.05, 0.1) is 11.5 Å². The zero-order valence-electron chi connectivity index (χ0n) is 15.2. The third kappa shape index (κ3) is 4.20. The molecular weight excluding hydrogens is 366 g/mol. The number of nitrogens with one attached hydrogen (secondary N) is 1. The van der Waals surface area contributed by atoms with Crippen LogP contribution < -0.4 is 4.72 Å². The van der Waals surface area contributed by atoms with Crippen LogP contribution in [0.1, 0.15) is 28.6 Å². The van der Waals surface area contributed by atoms with Gasteiger partial charge in [-0.15, -0.1) is 0 Å². The molecule has 0 spiro atoms. The van der Waals surface area contributed by atoms with Crippen molar-refractivity contribution in [2.75, 3.05) is 13.2 Å². The molecule has 0 radical (unpaired) electrons. The van der Waals surface area contributed by atoms with Crippen LogP contribution in [0.15, 0.2) is 57.8 Å². The van der Waals surface area contributed by atoms with Gasteiger partial charge < -0.3 is 9.15 Å². The number of ether oxygens (including phenoxy) is 1. The second-order valence-electron chi connectivity index (χ2n) is 6.07. The van der Waals surface area contributed by atoms with Crippen LogP contribution in [-0.2, 0) is 21.2 Å². The Morgan fingerprint density at radius 1 is 1.15 bits per heavy atom. The molecule has 0 aliphatic rings. The zero-order chi connectivity index (χ0) is 19.4. The molecule has 0 aliphatic heterocycles. The van der Waals surface area contributed by atoms with Crippen molar-refractivity contribution < 1.29 is 22.4 Å².